The molecule has 2 nitrogen and oxygen atoms in total. The van der Waals surface area contributed by atoms with Gasteiger partial charge in [-0.05, 0) is 11.5 Å². The number of rotatable bonds is 2. The summed E-state index contributed by atoms with van der Waals surface area (Å²) in [6.45, 7) is 0. The van der Waals surface area contributed by atoms with Crippen LogP contribution in [-0.4, -0.2) is 13.5 Å². The summed E-state index contributed by atoms with van der Waals surface area (Å²) < 4.78 is 45.4. The fourth-order valence-electron chi connectivity index (χ4n) is 1.64. The predicted molar refractivity (Wildman–Crippen MR) is 57.2 cm³/mol. The highest BCUT2D eigenvalue weighted by Crippen LogP contribution is 2.37. The van der Waals surface area contributed by atoms with Crippen LogP contribution in [0.5, 0.6) is 11.5 Å². The van der Waals surface area contributed by atoms with Gasteiger partial charge in [0, 0.05) is 5.39 Å². The minimum Gasteiger partial charge on any atom is -0.492 e. The van der Waals surface area contributed by atoms with Crippen LogP contribution >= 0.6 is 0 Å². The number of hydrogen-bond donors (Lipinski definition) is 0. The molecule has 0 N–H and O–H groups in total. The molecule has 0 aliphatic rings. The maximum absolute atomic E-state index is 12.2. The maximum Gasteiger partial charge on any atom is 0.573 e. The molecule has 2 rings (SSSR count). The Balaban J connectivity index is 2.57. The Labute approximate surface area is 95.6 Å². The van der Waals surface area contributed by atoms with E-state index in [1.54, 1.807) is 30.3 Å². The second kappa shape index (κ2) is 4.16. The van der Waals surface area contributed by atoms with Crippen LogP contribution in [0.4, 0.5) is 13.2 Å². The number of ether oxygens (including phenoxy) is 2. The third kappa shape index (κ3) is 2.43. The van der Waals surface area contributed by atoms with Crippen LogP contribution in [0.2, 0.25) is 0 Å². The molecule has 0 aliphatic carbocycles. The third-order valence-corrected chi connectivity index (χ3v) is 2.27. The first-order valence-electron chi connectivity index (χ1n) is 4.83. The van der Waals surface area contributed by atoms with Gasteiger partial charge in [-0.1, -0.05) is 30.3 Å². The van der Waals surface area contributed by atoms with Crippen molar-refractivity contribution in [3.8, 4) is 11.5 Å². The Kier molecular flexibility index (Phi) is 2.83. The molecule has 0 saturated heterocycles. The van der Waals surface area contributed by atoms with Crippen LogP contribution in [0.3, 0.4) is 0 Å². The number of methoxy groups -OCH3 is 1. The predicted octanol–water partition coefficient (Wildman–Crippen LogP) is 3.75. The zero-order valence-corrected chi connectivity index (χ0v) is 8.91. The zero-order valence-electron chi connectivity index (χ0n) is 8.91. The van der Waals surface area contributed by atoms with Gasteiger partial charge in [-0.15, -0.1) is 13.2 Å². The lowest BCUT2D eigenvalue weighted by atomic mass is 10.1. The maximum atomic E-state index is 12.2. The highest BCUT2D eigenvalue weighted by atomic mass is 19.4. The van der Waals surface area contributed by atoms with E-state index < -0.39 is 6.36 Å². The molecule has 0 atom stereocenters. The van der Waals surface area contributed by atoms with Crippen molar-refractivity contribution in [1.29, 1.82) is 0 Å². The van der Waals surface area contributed by atoms with Gasteiger partial charge in [-0.2, -0.15) is 0 Å². The van der Waals surface area contributed by atoms with Crippen molar-refractivity contribution in [1.82, 2.24) is 0 Å². The molecule has 0 unspecified atom stereocenters. The van der Waals surface area contributed by atoms with Gasteiger partial charge in [0.15, 0.2) is 11.5 Å². The van der Waals surface area contributed by atoms with Gasteiger partial charge in [-0.25, -0.2) is 0 Å². The Morgan fingerprint density at radius 1 is 1.00 bits per heavy atom. The second-order valence-corrected chi connectivity index (χ2v) is 3.37. The highest BCUT2D eigenvalue weighted by molar-refractivity contribution is 5.90. The molecule has 90 valence electrons. The van der Waals surface area contributed by atoms with Gasteiger partial charge in [0.2, 0.25) is 0 Å². The highest BCUT2D eigenvalue weighted by Gasteiger charge is 2.32. The SMILES string of the molecule is COc1c(OC(F)(F)F)ccc2ccccc12. The molecule has 2 aromatic carbocycles. The van der Waals surface area contributed by atoms with Crippen LogP contribution in [0, 0.1) is 0 Å². The number of halogens is 3. The van der Waals surface area contributed by atoms with Crippen LogP contribution in [0.1, 0.15) is 0 Å². The molecule has 5 heteroatoms. The minimum atomic E-state index is -4.73. The van der Waals surface area contributed by atoms with Crippen molar-refractivity contribution < 1.29 is 22.6 Å². The van der Waals surface area contributed by atoms with Gasteiger partial charge in [0.1, 0.15) is 0 Å². The summed E-state index contributed by atoms with van der Waals surface area (Å²) in [6, 6.07) is 9.79. The summed E-state index contributed by atoms with van der Waals surface area (Å²) in [5.74, 6) is -0.251. The number of hydrogen-bond acceptors (Lipinski definition) is 2. The molecule has 0 saturated carbocycles. The van der Waals surface area contributed by atoms with Crippen LogP contribution in [0.25, 0.3) is 10.8 Å². The van der Waals surface area contributed by atoms with E-state index in [2.05, 4.69) is 4.74 Å². The Morgan fingerprint density at radius 2 is 1.71 bits per heavy atom. The van der Waals surface area contributed by atoms with E-state index in [1.165, 1.54) is 13.2 Å². The van der Waals surface area contributed by atoms with E-state index in [4.69, 9.17) is 4.74 Å². The quantitative estimate of drug-likeness (QED) is 0.798. The van der Waals surface area contributed by atoms with Crippen LogP contribution in [-0.2, 0) is 0 Å². The van der Waals surface area contributed by atoms with Crippen molar-refractivity contribution in [2.24, 2.45) is 0 Å². The molecule has 0 radical (unpaired) electrons. The molecule has 0 amide bonds. The molecule has 0 bridgehead atoms. The summed E-state index contributed by atoms with van der Waals surface area (Å²) in [4.78, 5) is 0. The standard InChI is InChI=1S/C12H9F3O2/c1-16-11-9-5-3-2-4-8(9)6-7-10(11)17-12(13,14)15/h2-7H,1H3. The first kappa shape index (κ1) is 11.6. The number of benzene rings is 2. The first-order valence-corrected chi connectivity index (χ1v) is 4.83. The Hall–Kier alpha value is -1.91. The van der Waals surface area contributed by atoms with E-state index in [-0.39, 0.29) is 11.5 Å². The fraction of sp³-hybridized carbons (Fsp3) is 0.167. The van der Waals surface area contributed by atoms with E-state index in [0.717, 1.165) is 5.39 Å². The summed E-state index contributed by atoms with van der Waals surface area (Å²) in [6.07, 6.45) is -4.73. The van der Waals surface area contributed by atoms with Crippen molar-refractivity contribution in [3.05, 3.63) is 36.4 Å². The zero-order chi connectivity index (χ0) is 12.5. The lowest BCUT2D eigenvalue weighted by molar-refractivity contribution is -0.275. The summed E-state index contributed by atoms with van der Waals surface area (Å²) in [7, 11) is 1.31. The summed E-state index contributed by atoms with van der Waals surface area (Å²) in [5, 5.41) is 1.37. The normalized spacial score (nSPS) is 11.5. The second-order valence-electron chi connectivity index (χ2n) is 3.37. The first-order chi connectivity index (χ1) is 8.01. The van der Waals surface area contributed by atoms with Crippen molar-refractivity contribution in [3.63, 3.8) is 0 Å². The molecule has 0 spiro atoms. The summed E-state index contributed by atoms with van der Waals surface area (Å²) in [5.41, 5.74) is 0. The van der Waals surface area contributed by atoms with E-state index in [0.29, 0.717) is 5.39 Å². The monoisotopic (exact) mass is 242 g/mol. The van der Waals surface area contributed by atoms with Gasteiger partial charge < -0.3 is 9.47 Å². The third-order valence-electron chi connectivity index (χ3n) is 2.27. The minimum absolute atomic E-state index is 0.0837. The topological polar surface area (TPSA) is 18.5 Å². The van der Waals surface area contributed by atoms with Gasteiger partial charge in [-0.3, -0.25) is 0 Å². The van der Waals surface area contributed by atoms with Gasteiger partial charge in [0.25, 0.3) is 0 Å². The molecule has 17 heavy (non-hydrogen) atoms. The largest absolute Gasteiger partial charge is 0.573 e. The lowest BCUT2D eigenvalue weighted by Crippen LogP contribution is -2.17. The molecule has 0 fully saturated rings. The van der Waals surface area contributed by atoms with Crippen LogP contribution in [0.15, 0.2) is 36.4 Å². The van der Waals surface area contributed by atoms with Crippen molar-refractivity contribution >= 4 is 10.8 Å². The van der Waals surface area contributed by atoms with E-state index >= 15 is 0 Å². The Bertz CT molecular complexity index is 535. The summed E-state index contributed by atoms with van der Waals surface area (Å²) >= 11 is 0. The molecular weight excluding hydrogens is 233 g/mol. The molecule has 0 aromatic heterocycles. The van der Waals surface area contributed by atoms with Crippen molar-refractivity contribution in [2.75, 3.05) is 7.11 Å². The van der Waals surface area contributed by atoms with Crippen molar-refractivity contribution in [2.45, 2.75) is 6.36 Å². The lowest BCUT2D eigenvalue weighted by Gasteiger charge is -2.14. The van der Waals surface area contributed by atoms with E-state index in [1.807, 2.05) is 0 Å². The van der Waals surface area contributed by atoms with Gasteiger partial charge in [0.05, 0.1) is 7.11 Å². The average molecular weight is 242 g/mol. The van der Waals surface area contributed by atoms with Gasteiger partial charge >= 0.3 is 6.36 Å². The molecule has 0 heterocycles. The van der Waals surface area contributed by atoms with E-state index in [9.17, 15) is 13.2 Å². The Morgan fingerprint density at radius 3 is 2.35 bits per heavy atom. The fourth-order valence-corrected chi connectivity index (χ4v) is 1.64. The molecular formula is C12H9F3O2. The molecule has 0 aliphatic heterocycles. The number of fused-ring (bicyclic) bond motifs is 1. The number of alkyl halides is 3. The smallest absolute Gasteiger partial charge is 0.492 e. The average Bonchev–Trinajstić information content (AvgIpc) is 2.27. The van der Waals surface area contributed by atoms with Crippen LogP contribution < -0.4 is 9.47 Å². The molecule has 2 aromatic rings.